The van der Waals surface area contributed by atoms with Gasteiger partial charge >= 0.3 is 11.9 Å². The largest absolute Gasteiger partial charge is 0.507 e. The lowest BCUT2D eigenvalue weighted by atomic mass is 10.3. The van der Waals surface area contributed by atoms with Gasteiger partial charge in [0, 0.05) is 6.08 Å². The van der Waals surface area contributed by atoms with Crippen LogP contribution in [0.5, 0.6) is 11.5 Å². The molecule has 0 saturated heterocycles. The van der Waals surface area contributed by atoms with E-state index in [-0.39, 0.29) is 43.6 Å². The van der Waals surface area contributed by atoms with Crippen LogP contribution in [-0.4, -0.2) is 48.6 Å². The minimum Gasteiger partial charge on any atom is -0.507 e. The number of hydrogen-bond acceptors (Lipinski definition) is 9. The molecule has 0 amide bonds. The van der Waals surface area contributed by atoms with Crippen molar-refractivity contribution in [2.45, 2.75) is 9.79 Å². The molecule has 8 nitrogen and oxygen atoms in total. The molecular formula is C17H15NO7S2. The van der Waals surface area contributed by atoms with Crippen molar-refractivity contribution in [1.82, 2.24) is 0 Å². The van der Waals surface area contributed by atoms with Crippen LogP contribution in [0.2, 0.25) is 0 Å². The maximum atomic E-state index is 12.1. The van der Waals surface area contributed by atoms with Crippen molar-refractivity contribution in [3.63, 3.8) is 0 Å². The van der Waals surface area contributed by atoms with E-state index in [0.29, 0.717) is 14.0 Å². The number of hydrogen-bond donors (Lipinski definition) is 2. The zero-order chi connectivity index (χ0) is 19.8. The number of rotatable bonds is 8. The van der Waals surface area contributed by atoms with Gasteiger partial charge in [-0.3, -0.25) is 4.79 Å². The van der Waals surface area contributed by atoms with Crippen molar-refractivity contribution in [2.24, 2.45) is 0 Å². The van der Waals surface area contributed by atoms with E-state index in [2.05, 4.69) is 11.4 Å². The van der Waals surface area contributed by atoms with Crippen LogP contribution >= 0.6 is 23.5 Å². The molecule has 2 N–H and O–H groups in total. The summed E-state index contributed by atoms with van der Waals surface area (Å²) >= 11 is 2.05. The SMILES string of the molecule is [C-]#[N+]C(C(=O)OCCOCCOC(=O)C=C)=C1Sc2c(O)ccc(O)c2S1. The lowest BCUT2D eigenvalue weighted by Crippen LogP contribution is -2.14. The first-order valence-corrected chi connectivity index (χ1v) is 9.17. The van der Waals surface area contributed by atoms with E-state index in [0.717, 1.165) is 29.6 Å². The van der Waals surface area contributed by atoms with E-state index < -0.39 is 11.9 Å². The predicted octanol–water partition coefficient (Wildman–Crippen LogP) is 2.67. The molecule has 0 atom stereocenters. The second kappa shape index (κ2) is 9.91. The molecule has 0 aliphatic carbocycles. The number of phenolic OH excluding ortho intramolecular Hbond substituents is 2. The standard InChI is InChI=1S/C17H15NO7S2/c1-3-12(21)24-8-6-23-7-9-25-16(22)13(18-2)17-26-14-10(19)4-5-11(20)15(14)27-17/h3-5,19-20H,1,6-9H2. The number of thioether (sulfide) groups is 2. The molecule has 0 spiro atoms. The Kier molecular flexibility index (Phi) is 7.60. The first kappa shape index (κ1) is 20.7. The summed E-state index contributed by atoms with van der Waals surface area (Å²) in [5.74, 6) is -1.46. The number of aromatic hydroxyl groups is 2. The fraction of sp³-hybridized carbons (Fsp3) is 0.235. The van der Waals surface area contributed by atoms with Crippen molar-refractivity contribution in [2.75, 3.05) is 26.4 Å². The molecule has 0 aromatic heterocycles. The third-order valence-electron chi connectivity index (χ3n) is 3.06. The number of ether oxygens (including phenoxy) is 3. The first-order valence-electron chi connectivity index (χ1n) is 7.54. The van der Waals surface area contributed by atoms with Crippen LogP contribution in [0.3, 0.4) is 0 Å². The molecule has 0 saturated carbocycles. The monoisotopic (exact) mass is 409 g/mol. The maximum Gasteiger partial charge on any atom is 0.338 e. The summed E-state index contributed by atoms with van der Waals surface area (Å²) in [7, 11) is 0. The van der Waals surface area contributed by atoms with Crippen LogP contribution < -0.4 is 0 Å². The molecule has 0 fully saturated rings. The zero-order valence-electron chi connectivity index (χ0n) is 14.0. The zero-order valence-corrected chi connectivity index (χ0v) is 15.6. The molecule has 0 radical (unpaired) electrons. The van der Waals surface area contributed by atoms with E-state index in [4.69, 9.17) is 20.8 Å². The third-order valence-corrected chi connectivity index (χ3v) is 5.68. The number of carbonyl (C=O) groups is 2. The van der Waals surface area contributed by atoms with Gasteiger partial charge in [0.15, 0.2) is 0 Å². The number of benzene rings is 1. The highest BCUT2D eigenvalue weighted by Gasteiger charge is 2.29. The summed E-state index contributed by atoms with van der Waals surface area (Å²) in [6.45, 7) is 10.7. The molecule has 142 valence electrons. The quantitative estimate of drug-likeness (QED) is 0.220. The Morgan fingerprint density at radius 1 is 1.07 bits per heavy atom. The summed E-state index contributed by atoms with van der Waals surface area (Å²) in [6, 6.07) is 2.67. The number of phenols is 2. The average molecular weight is 409 g/mol. The number of carbonyl (C=O) groups excluding carboxylic acids is 2. The number of esters is 2. The second-order valence-electron chi connectivity index (χ2n) is 4.83. The topological polar surface area (TPSA) is 107 Å². The van der Waals surface area contributed by atoms with Crippen LogP contribution in [0.15, 0.2) is 44.5 Å². The van der Waals surface area contributed by atoms with Gasteiger partial charge < -0.3 is 24.4 Å². The van der Waals surface area contributed by atoms with Crippen molar-refractivity contribution in [3.8, 4) is 11.5 Å². The normalized spacial score (nSPS) is 12.0. The smallest absolute Gasteiger partial charge is 0.338 e. The summed E-state index contributed by atoms with van der Waals surface area (Å²) in [5, 5.41) is 19.7. The van der Waals surface area contributed by atoms with Crippen LogP contribution in [0.4, 0.5) is 0 Å². The highest BCUT2D eigenvalue weighted by molar-refractivity contribution is 8.24. The number of nitrogens with zero attached hydrogens (tertiary/aromatic N) is 1. The van der Waals surface area contributed by atoms with Crippen LogP contribution in [0.1, 0.15) is 0 Å². The molecule has 2 rings (SSSR count). The maximum absolute atomic E-state index is 12.1. The highest BCUT2D eigenvalue weighted by atomic mass is 32.2. The van der Waals surface area contributed by atoms with E-state index in [1.807, 2.05) is 0 Å². The molecular weight excluding hydrogens is 394 g/mol. The second-order valence-corrected chi connectivity index (χ2v) is 7.13. The van der Waals surface area contributed by atoms with Gasteiger partial charge in [-0.25, -0.2) is 9.64 Å². The molecule has 1 aliphatic rings. The van der Waals surface area contributed by atoms with E-state index in [9.17, 15) is 19.8 Å². The van der Waals surface area contributed by atoms with E-state index >= 15 is 0 Å². The van der Waals surface area contributed by atoms with Gasteiger partial charge in [-0.05, 0) is 12.1 Å². The molecule has 1 heterocycles. The van der Waals surface area contributed by atoms with Crippen LogP contribution in [0.25, 0.3) is 4.85 Å². The summed E-state index contributed by atoms with van der Waals surface area (Å²) < 4.78 is 15.2. The Labute approximate surface area is 163 Å². The minimum atomic E-state index is -0.825. The number of fused-ring (bicyclic) bond motifs is 1. The Morgan fingerprint density at radius 2 is 1.63 bits per heavy atom. The first-order chi connectivity index (χ1) is 13.0. The molecule has 10 heteroatoms. The lowest BCUT2D eigenvalue weighted by Gasteiger charge is -2.07. The molecule has 0 unspecified atom stereocenters. The van der Waals surface area contributed by atoms with Gasteiger partial charge in [-0.2, -0.15) is 0 Å². The summed E-state index contributed by atoms with van der Waals surface area (Å²) in [5.41, 5.74) is -0.236. The highest BCUT2D eigenvalue weighted by Crippen LogP contribution is 2.58. The molecule has 1 aromatic rings. The van der Waals surface area contributed by atoms with Crippen molar-refractivity contribution in [3.05, 3.63) is 46.1 Å². The van der Waals surface area contributed by atoms with E-state index in [1.165, 1.54) is 12.1 Å². The van der Waals surface area contributed by atoms with Crippen molar-refractivity contribution in [1.29, 1.82) is 0 Å². The minimum absolute atomic E-state index is 0.0430. The predicted molar refractivity (Wildman–Crippen MR) is 98.0 cm³/mol. The van der Waals surface area contributed by atoms with Crippen LogP contribution in [-0.2, 0) is 23.8 Å². The van der Waals surface area contributed by atoms with Gasteiger partial charge in [-0.15, -0.1) is 0 Å². The fourth-order valence-electron chi connectivity index (χ4n) is 1.84. The Morgan fingerprint density at radius 3 is 2.15 bits per heavy atom. The Bertz CT molecular complexity index is 796. The lowest BCUT2D eigenvalue weighted by molar-refractivity contribution is -0.141. The van der Waals surface area contributed by atoms with Crippen LogP contribution in [0, 0.1) is 6.57 Å². The summed E-state index contributed by atoms with van der Waals surface area (Å²) in [4.78, 5) is 26.9. The van der Waals surface area contributed by atoms with E-state index in [1.54, 1.807) is 0 Å². The summed E-state index contributed by atoms with van der Waals surface area (Å²) in [6.07, 6.45) is 1.04. The fourth-order valence-corrected chi connectivity index (χ4v) is 4.32. The molecule has 1 aromatic carbocycles. The Hall–Kier alpha value is -2.61. The molecule has 27 heavy (non-hydrogen) atoms. The van der Waals surface area contributed by atoms with Gasteiger partial charge in [0.25, 0.3) is 5.70 Å². The Balaban J connectivity index is 1.85. The van der Waals surface area contributed by atoms with Gasteiger partial charge in [0.05, 0.1) is 33.8 Å². The van der Waals surface area contributed by atoms with Gasteiger partial charge in [0.2, 0.25) is 0 Å². The van der Waals surface area contributed by atoms with Crippen molar-refractivity contribution < 1.29 is 34.0 Å². The molecule has 1 aliphatic heterocycles. The molecule has 0 bridgehead atoms. The average Bonchev–Trinajstić information content (AvgIpc) is 3.10. The third kappa shape index (κ3) is 5.43. The van der Waals surface area contributed by atoms with Crippen molar-refractivity contribution >= 4 is 35.5 Å². The van der Waals surface area contributed by atoms with Gasteiger partial charge in [0.1, 0.15) is 24.7 Å². The van der Waals surface area contributed by atoms with Gasteiger partial charge in [-0.1, -0.05) is 30.1 Å².